The van der Waals surface area contributed by atoms with Gasteiger partial charge in [0.2, 0.25) is 0 Å². The van der Waals surface area contributed by atoms with Crippen LogP contribution in [0.5, 0.6) is 0 Å². The van der Waals surface area contributed by atoms with E-state index in [-0.39, 0.29) is 17.2 Å². The largest absolute Gasteiger partial charge is 0.469 e. The molecule has 0 spiro atoms. The average molecular weight is 313 g/mol. The molecule has 0 aromatic heterocycles. The molecule has 3 nitrogen and oxygen atoms in total. The van der Waals surface area contributed by atoms with Crippen LogP contribution in [0.4, 0.5) is 4.39 Å². The van der Waals surface area contributed by atoms with Crippen LogP contribution in [0.2, 0.25) is 0 Å². The van der Waals surface area contributed by atoms with Crippen LogP contribution >= 0.6 is 0 Å². The number of hydrogen-bond donors (Lipinski definition) is 0. The Hall–Kier alpha value is -2.15. The molecular formula is C19H20FNO2. The number of allylic oxidation sites excluding steroid dienone is 1. The van der Waals surface area contributed by atoms with E-state index in [0.29, 0.717) is 44.1 Å². The van der Waals surface area contributed by atoms with E-state index in [1.165, 1.54) is 7.11 Å². The Morgan fingerprint density at radius 2 is 1.65 bits per heavy atom. The van der Waals surface area contributed by atoms with E-state index in [0.717, 1.165) is 5.56 Å². The number of ether oxygens (including phenoxy) is 1. The van der Waals surface area contributed by atoms with Gasteiger partial charge in [-0.05, 0) is 62.3 Å². The third kappa shape index (κ3) is 2.65. The zero-order valence-electron chi connectivity index (χ0n) is 13.3. The molecule has 3 aliphatic rings. The first kappa shape index (κ1) is 15.7. The van der Waals surface area contributed by atoms with Crippen LogP contribution in [0, 0.1) is 22.2 Å². The SMILES string of the molecule is COC(=O)C12CCC(/C(F)=C/c3ccc(C#N)cc3)(CC1)CC2. The maximum atomic E-state index is 14.9. The van der Waals surface area contributed by atoms with E-state index in [4.69, 9.17) is 10.00 Å². The van der Waals surface area contributed by atoms with Crippen molar-refractivity contribution in [3.63, 3.8) is 0 Å². The van der Waals surface area contributed by atoms with Crippen LogP contribution in [-0.4, -0.2) is 13.1 Å². The summed E-state index contributed by atoms with van der Waals surface area (Å²) in [5.41, 5.74) is 0.527. The molecule has 0 radical (unpaired) electrons. The molecule has 0 aliphatic heterocycles. The number of nitrogens with zero attached hydrogens (tertiary/aromatic N) is 1. The van der Waals surface area contributed by atoms with E-state index in [1.807, 2.05) is 0 Å². The lowest BCUT2D eigenvalue weighted by Crippen LogP contribution is -2.46. The van der Waals surface area contributed by atoms with Crippen molar-refractivity contribution in [3.05, 3.63) is 41.2 Å². The number of hydrogen-bond acceptors (Lipinski definition) is 3. The first-order valence-corrected chi connectivity index (χ1v) is 8.00. The van der Waals surface area contributed by atoms with Crippen LogP contribution in [0.15, 0.2) is 30.1 Å². The lowest BCUT2D eigenvalue weighted by molar-refractivity contribution is -0.162. The quantitative estimate of drug-likeness (QED) is 0.778. The summed E-state index contributed by atoms with van der Waals surface area (Å²) in [5, 5.41) is 8.81. The predicted molar refractivity (Wildman–Crippen MR) is 84.8 cm³/mol. The van der Waals surface area contributed by atoms with Crippen molar-refractivity contribution >= 4 is 12.0 Å². The number of rotatable bonds is 3. The monoisotopic (exact) mass is 313 g/mol. The summed E-state index contributed by atoms with van der Waals surface area (Å²) in [7, 11) is 1.43. The molecule has 0 unspecified atom stereocenters. The Balaban J connectivity index is 1.79. The van der Waals surface area contributed by atoms with Gasteiger partial charge in [0.25, 0.3) is 0 Å². The Bertz CT molecular complexity index is 660. The molecule has 0 amide bonds. The summed E-state index contributed by atoms with van der Waals surface area (Å²) in [6.07, 6.45) is 5.77. The van der Waals surface area contributed by atoms with Gasteiger partial charge in [0.05, 0.1) is 24.2 Å². The predicted octanol–water partition coefficient (Wildman–Crippen LogP) is 4.38. The molecule has 120 valence electrons. The number of nitriles is 1. The summed E-state index contributed by atoms with van der Waals surface area (Å²) < 4.78 is 19.9. The fraction of sp³-hybridized carbons (Fsp3) is 0.474. The minimum absolute atomic E-state index is 0.0969. The van der Waals surface area contributed by atoms with Gasteiger partial charge in [0.15, 0.2) is 0 Å². The van der Waals surface area contributed by atoms with Crippen molar-refractivity contribution in [1.82, 2.24) is 0 Å². The Morgan fingerprint density at radius 1 is 1.13 bits per heavy atom. The van der Waals surface area contributed by atoms with Gasteiger partial charge in [-0.2, -0.15) is 5.26 Å². The smallest absolute Gasteiger partial charge is 0.311 e. The lowest BCUT2D eigenvalue weighted by atomic mass is 9.53. The first-order chi connectivity index (χ1) is 11.0. The number of carbonyl (C=O) groups is 1. The molecule has 3 aliphatic carbocycles. The summed E-state index contributed by atoms with van der Waals surface area (Å²) in [6.45, 7) is 0. The summed E-state index contributed by atoms with van der Waals surface area (Å²) in [4.78, 5) is 12.0. The Morgan fingerprint density at radius 3 is 2.13 bits per heavy atom. The van der Waals surface area contributed by atoms with Crippen LogP contribution in [0.1, 0.15) is 49.7 Å². The van der Waals surface area contributed by atoms with E-state index >= 15 is 0 Å². The van der Waals surface area contributed by atoms with E-state index < -0.39 is 5.41 Å². The standard InChI is InChI=1S/C19H20FNO2/c1-23-17(22)19-9-6-18(7-10-19,8-11-19)16(20)12-14-2-4-15(13-21)5-3-14/h2-5,12H,6-11H2,1H3/b16-12-. The maximum Gasteiger partial charge on any atom is 0.311 e. The highest BCUT2D eigenvalue weighted by Crippen LogP contribution is 2.60. The molecule has 4 rings (SSSR count). The molecular weight excluding hydrogens is 293 g/mol. The molecule has 1 aromatic rings. The van der Waals surface area contributed by atoms with Gasteiger partial charge in [-0.15, -0.1) is 0 Å². The Labute approximate surface area is 135 Å². The van der Waals surface area contributed by atoms with Gasteiger partial charge in [-0.3, -0.25) is 4.79 Å². The highest BCUT2D eigenvalue weighted by molar-refractivity contribution is 5.77. The number of benzene rings is 1. The van der Waals surface area contributed by atoms with Crippen LogP contribution in [0.25, 0.3) is 6.08 Å². The molecule has 23 heavy (non-hydrogen) atoms. The minimum atomic E-state index is -0.427. The molecule has 0 saturated heterocycles. The highest BCUT2D eigenvalue weighted by Gasteiger charge is 2.54. The van der Waals surface area contributed by atoms with Gasteiger partial charge in [-0.25, -0.2) is 4.39 Å². The lowest BCUT2D eigenvalue weighted by Gasteiger charge is -2.51. The number of halogens is 1. The third-order valence-corrected chi connectivity index (χ3v) is 5.70. The zero-order chi connectivity index (χ0) is 16.5. The summed E-state index contributed by atoms with van der Waals surface area (Å²) >= 11 is 0. The third-order valence-electron chi connectivity index (χ3n) is 5.70. The molecule has 0 N–H and O–H groups in total. The number of esters is 1. The van der Waals surface area contributed by atoms with Gasteiger partial charge >= 0.3 is 5.97 Å². The number of carbonyl (C=O) groups excluding carboxylic acids is 1. The van der Waals surface area contributed by atoms with E-state index in [9.17, 15) is 9.18 Å². The second-order valence-corrected chi connectivity index (χ2v) is 6.78. The summed E-state index contributed by atoms with van der Waals surface area (Å²) in [6, 6.07) is 8.97. The molecule has 3 saturated carbocycles. The average Bonchev–Trinajstić information content (AvgIpc) is 2.63. The highest BCUT2D eigenvalue weighted by atomic mass is 19.1. The van der Waals surface area contributed by atoms with Crippen molar-refractivity contribution in [3.8, 4) is 6.07 Å². The number of fused-ring (bicyclic) bond motifs is 3. The van der Waals surface area contributed by atoms with Gasteiger partial charge < -0.3 is 4.74 Å². The van der Waals surface area contributed by atoms with Crippen molar-refractivity contribution in [2.45, 2.75) is 38.5 Å². The second kappa shape index (κ2) is 5.81. The molecule has 3 fully saturated rings. The van der Waals surface area contributed by atoms with Gasteiger partial charge in [0.1, 0.15) is 5.83 Å². The van der Waals surface area contributed by atoms with Crippen LogP contribution < -0.4 is 0 Å². The van der Waals surface area contributed by atoms with Crippen molar-refractivity contribution < 1.29 is 13.9 Å². The topological polar surface area (TPSA) is 50.1 Å². The first-order valence-electron chi connectivity index (χ1n) is 8.00. The summed E-state index contributed by atoms with van der Waals surface area (Å²) in [5.74, 6) is -0.234. The van der Waals surface area contributed by atoms with E-state index in [2.05, 4.69) is 6.07 Å². The zero-order valence-corrected chi connectivity index (χ0v) is 13.3. The van der Waals surface area contributed by atoms with Gasteiger partial charge in [-0.1, -0.05) is 12.1 Å². The minimum Gasteiger partial charge on any atom is -0.469 e. The van der Waals surface area contributed by atoms with Crippen LogP contribution in [-0.2, 0) is 9.53 Å². The molecule has 1 aromatic carbocycles. The fourth-order valence-corrected chi connectivity index (χ4v) is 4.02. The maximum absolute atomic E-state index is 14.9. The van der Waals surface area contributed by atoms with Crippen molar-refractivity contribution in [1.29, 1.82) is 5.26 Å². The van der Waals surface area contributed by atoms with Gasteiger partial charge in [0, 0.05) is 5.41 Å². The normalized spacial score (nSPS) is 29.9. The number of methoxy groups -OCH3 is 1. The van der Waals surface area contributed by atoms with Crippen molar-refractivity contribution in [2.75, 3.05) is 7.11 Å². The van der Waals surface area contributed by atoms with Crippen molar-refractivity contribution in [2.24, 2.45) is 10.8 Å². The molecule has 0 atom stereocenters. The second-order valence-electron chi connectivity index (χ2n) is 6.78. The molecule has 2 bridgehead atoms. The van der Waals surface area contributed by atoms with E-state index in [1.54, 1.807) is 30.3 Å². The molecule has 4 heteroatoms. The van der Waals surface area contributed by atoms with Crippen LogP contribution in [0.3, 0.4) is 0 Å². The fourth-order valence-electron chi connectivity index (χ4n) is 4.02. The molecule has 0 heterocycles. The Kier molecular flexibility index (Phi) is 3.97.